The molecule has 0 bridgehead atoms. The van der Waals surface area contributed by atoms with Crippen molar-refractivity contribution in [3.8, 4) is 17.0 Å². The Morgan fingerprint density at radius 2 is 1.83 bits per heavy atom. The molecule has 0 unspecified atom stereocenters. The van der Waals surface area contributed by atoms with Crippen molar-refractivity contribution in [3.05, 3.63) is 60.3 Å². The fourth-order valence-electron chi connectivity index (χ4n) is 3.48. The van der Waals surface area contributed by atoms with E-state index in [2.05, 4.69) is 30.2 Å². The molecule has 0 saturated heterocycles. The molecule has 2 heterocycles. The molecular weight excluding hydrogens is 398 g/mol. The second-order valence-electron chi connectivity index (χ2n) is 7.62. The van der Waals surface area contributed by atoms with Gasteiger partial charge in [0.1, 0.15) is 11.4 Å². The first kappa shape index (κ1) is 21.7. The number of benzene rings is 2. The van der Waals surface area contributed by atoms with Crippen LogP contribution in [0.2, 0.25) is 0 Å². The fraction of sp³-hybridized carbons (Fsp3) is 0.250. The highest BCUT2D eigenvalue weighted by atomic mass is 35.5. The number of amides is 1. The summed E-state index contributed by atoms with van der Waals surface area (Å²) in [4.78, 5) is 21.0. The smallest absolute Gasteiger partial charge is 0.269 e. The molecule has 156 valence electrons. The number of halogens is 1. The Hall–Kier alpha value is -3.05. The first-order chi connectivity index (χ1) is 14.1. The lowest BCUT2D eigenvalue weighted by molar-refractivity contribution is 0.0947. The Bertz CT molecular complexity index is 1170. The number of hydrogen-bond acceptors (Lipinski definition) is 3. The van der Waals surface area contributed by atoms with Crippen LogP contribution < -0.4 is 10.1 Å². The summed E-state index contributed by atoms with van der Waals surface area (Å²) in [6.45, 7) is 4.93. The van der Waals surface area contributed by atoms with Gasteiger partial charge < -0.3 is 15.0 Å². The molecule has 0 aliphatic rings. The zero-order valence-corrected chi connectivity index (χ0v) is 18.2. The molecule has 4 aromatic rings. The number of aromatic nitrogens is 2. The molecule has 0 radical (unpaired) electrons. The van der Waals surface area contributed by atoms with Gasteiger partial charge in [0.25, 0.3) is 5.91 Å². The number of pyridine rings is 1. The highest BCUT2D eigenvalue weighted by Crippen LogP contribution is 2.33. The van der Waals surface area contributed by atoms with Crippen molar-refractivity contribution in [1.82, 2.24) is 15.3 Å². The quantitative estimate of drug-likeness (QED) is 0.424. The number of aromatic amines is 1. The first-order valence-corrected chi connectivity index (χ1v) is 9.91. The van der Waals surface area contributed by atoms with E-state index in [1.165, 1.54) is 0 Å². The summed E-state index contributed by atoms with van der Waals surface area (Å²) in [5, 5.41) is 5.08. The Morgan fingerprint density at radius 3 is 2.53 bits per heavy atom. The number of methoxy groups -OCH3 is 1. The van der Waals surface area contributed by atoms with Crippen LogP contribution in [0.1, 0.15) is 30.8 Å². The number of hydrogen-bond donors (Lipinski definition) is 2. The van der Waals surface area contributed by atoms with E-state index in [1.807, 2.05) is 48.5 Å². The second-order valence-corrected chi connectivity index (χ2v) is 7.62. The van der Waals surface area contributed by atoms with Crippen LogP contribution in [0.3, 0.4) is 0 Å². The predicted molar refractivity (Wildman–Crippen MR) is 125 cm³/mol. The van der Waals surface area contributed by atoms with Gasteiger partial charge in [0.15, 0.2) is 0 Å². The van der Waals surface area contributed by atoms with E-state index in [1.54, 1.807) is 7.11 Å². The summed E-state index contributed by atoms with van der Waals surface area (Å²) in [5.41, 5.74) is 4.07. The molecule has 0 aliphatic heterocycles. The van der Waals surface area contributed by atoms with Crippen molar-refractivity contribution in [2.75, 3.05) is 13.7 Å². The lowest BCUT2D eigenvalue weighted by atomic mass is 10.1. The maximum atomic E-state index is 12.8. The van der Waals surface area contributed by atoms with Gasteiger partial charge in [0.05, 0.1) is 18.3 Å². The molecule has 0 saturated carbocycles. The number of fused-ring (bicyclic) bond motifs is 3. The van der Waals surface area contributed by atoms with E-state index in [4.69, 9.17) is 9.72 Å². The lowest BCUT2D eigenvalue weighted by Gasteiger charge is -2.10. The van der Waals surface area contributed by atoms with Gasteiger partial charge in [-0.05, 0) is 48.7 Å². The Kier molecular flexibility index (Phi) is 6.63. The minimum atomic E-state index is -0.146. The summed E-state index contributed by atoms with van der Waals surface area (Å²) in [5.74, 6) is 1.17. The number of para-hydroxylation sites is 1. The van der Waals surface area contributed by atoms with E-state index in [0.29, 0.717) is 18.2 Å². The average Bonchev–Trinajstić information content (AvgIpc) is 3.11. The van der Waals surface area contributed by atoms with Crippen molar-refractivity contribution in [3.63, 3.8) is 0 Å². The molecule has 6 heteroatoms. The molecular formula is C24H26ClN3O2. The molecule has 0 spiro atoms. The standard InChI is InChI=1S/C24H25N3O2.ClH/c1-15(2)12-13-25-24(28)21-14-19-18-6-4-5-7-20(18)26-23(19)22(27-21)16-8-10-17(29-3)11-9-16;/h4-11,14-15,26H,12-13H2,1-3H3,(H,25,28);1H. The van der Waals surface area contributed by atoms with Gasteiger partial charge in [-0.3, -0.25) is 4.79 Å². The van der Waals surface area contributed by atoms with Gasteiger partial charge in [-0.1, -0.05) is 32.0 Å². The summed E-state index contributed by atoms with van der Waals surface area (Å²) in [7, 11) is 1.64. The van der Waals surface area contributed by atoms with Crippen LogP contribution in [0.25, 0.3) is 33.1 Å². The normalized spacial score (nSPS) is 10.9. The van der Waals surface area contributed by atoms with Crippen molar-refractivity contribution in [1.29, 1.82) is 0 Å². The van der Waals surface area contributed by atoms with Gasteiger partial charge in [0, 0.05) is 28.4 Å². The number of carbonyl (C=O) groups excluding carboxylic acids is 1. The number of carbonyl (C=O) groups is 1. The third-order valence-corrected chi connectivity index (χ3v) is 5.10. The van der Waals surface area contributed by atoms with Gasteiger partial charge in [-0.25, -0.2) is 4.98 Å². The van der Waals surface area contributed by atoms with Crippen LogP contribution in [0.5, 0.6) is 5.75 Å². The van der Waals surface area contributed by atoms with E-state index in [0.717, 1.165) is 45.2 Å². The predicted octanol–water partition coefficient (Wildman–Crippen LogP) is 5.59. The van der Waals surface area contributed by atoms with E-state index in [-0.39, 0.29) is 18.3 Å². The molecule has 4 rings (SSSR count). The molecule has 2 aromatic carbocycles. The molecule has 0 aliphatic carbocycles. The third kappa shape index (κ3) is 4.26. The number of nitrogens with one attached hydrogen (secondary N) is 2. The largest absolute Gasteiger partial charge is 0.497 e. The highest BCUT2D eigenvalue weighted by molar-refractivity contribution is 6.13. The number of ether oxygens (including phenoxy) is 1. The van der Waals surface area contributed by atoms with E-state index < -0.39 is 0 Å². The monoisotopic (exact) mass is 423 g/mol. The molecule has 1 amide bonds. The van der Waals surface area contributed by atoms with Gasteiger partial charge >= 0.3 is 0 Å². The van der Waals surface area contributed by atoms with Crippen LogP contribution in [-0.2, 0) is 0 Å². The number of rotatable bonds is 6. The van der Waals surface area contributed by atoms with Crippen molar-refractivity contribution in [2.24, 2.45) is 5.92 Å². The van der Waals surface area contributed by atoms with Gasteiger partial charge in [0.2, 0.25) is 0 Å². The van der Waals surface area contributed by atoms with E-state index >= 15 is 0 Å². The van der Waals surface area contributed by atoms with Gasteiger partial charge in [-0.15, -0.1) is 12.4 Å². The van der Waals surface area contributed by atoms with Crippen LogP contribution in [0.15, 0.2) is 54.6 Å². The Balaban J connectivity index is 0.00000256. The third-order valence-electron chi connectivity index (χ3n) is 5.10. The molecule has 30 heavy (non-hydrogen) atoms. The van der Waals surface area contributed by atoms with Crippen LogP contribution in [0, 0.1) is 5.92 Å². The molecule has 0 atom stereocenters. The SMILES string of the molecule is COc1ccc(-c2nc(C(=O)NCCC(C)C)cc3c2[nH]c2ccccc23)cc1.Cl. The van der Waals surface area contributed by atoms with Crippen molar-refractivity contribution in [2.45, 2.75) is 20.3 Å². The highest BCUT2D eigenvalue weighted by Gasteiger charge is 2.17. The molecule has 0 fully saturated rings. The maximum Gasteiger partial charge on any atom is 0.269 e. The minimum Gasteiger partial charge on any atom is -0.497 e. The Labute approximate surface area is 182 Å². The summed E-state index contributed by atoms with van der Waals surface area (Å²) < 4.78 is 5.27. The minimum absolute atomic E-state index is 0. The van der Waals surface area contributed by atoms with Crippen LogP contribution >= 0.6 is 12.4 Å². The Morgan fingerprint density at radius 1 is 1.10 bits per heavy atom. The van der Waals surface area contributed by atoms with E-state index in [9.17, 15) is 4.79 Å². The van der Waals surface area contributed by atoms with Crippen LogP contribution in [0.4, 0.5) is 0 Å². The number of nitrogens with zero attached hydrogens (tertiary/aromatic N) is 1. The fourth-order valence-corrected chi connectivity index (χ4v) is 3.48. The lowest BCUT2D eigenvalue weighted by Crippen LogP contribution is -2.26. The maximum absolute atomic E-state index is 12.8. The second kappa shape index (κ2) is 9.18. The van der Waals surface area contributed by atoms with Crippen LogP contribution in [-0.4, -0.2) is 29.5 Å². The van der Waals surface area contributed by atoms with Gasteiger partial charge in [-0.2, -0.15) is 0 Å². The van der Waals surface area contributed by atoms with Crippen molar-refractivity contribution < 1.29 is 9.53 Å². The molecule has 2 aromatic heterocycles. The molecule has 5 nitrogen and oxygen atoms in total. The topological polar surface area (TPSA) is 67.0 Å². The summed E-state index contributed by atoms with van der Waals surface area (Å²) >= 11 is 0. The molecule has 2 N–H and O–H groups in total. The van der Waals surface area contributed by atoms with Crippen molar-refractivity contribution >= 4 is 40.1 Å². The average molecular weight is 424 g/mol. The first-order valence-electron chi connectivity index (χ1n) is 9.91. The zero-order valence-electron chi connectivity index (χ0n) is 17.4. The summed E-state index contributed by atoms with van der Waals surface area (Å²) in [6, 6.07) is 17.7. The number of H-pyrrole nitrogens is 1. The zero-order chi connectivity index (χ0) is 20.4. The summed E-state index contributed by atoms with van der Waals surface area (Å²) in [6.07, 6.45) is 0.937.